The number of nitrogens with zero attached hydrogens (tertiary/aromatic N) is 1. The van der Waals surface area contributed by atoms with Crippen molar-refractivity contribution in [1.29, 1.82) is 0 Å². The van der Waals surface area contributed by atoms with Gasteiger partial charge in [-0.25, -0.2) is 4.79 Å². The third-order valence-corrected chi connectivity index (χ3v) is 4.08. The molecular formula is C17H29NO5. The molecule has 0 bridgehead atoms. The van der Waals surface area contributed by atoms with E-state index in [0.29, 0.717) is 25.8 Å². The highest BCUT2D eigenvalue weighted by atomic mass is 16.7. The van der Waals surface area contributed by atoms with E-state index < -0.39 is 11.4 Å². The summed E-state index contributed by atoms with van der Waals surface area (Å²) in [6.45, 7) is 10.7. The highest BCUT2D eigenvalue weighted by molar-refractivity contribution is 5.68. The molecule has 0 N–H and O–H groups in total. The van der Waals surface area contributed by atoms with Gasteiger partial charge >= 0.3 is 6.09 Å². The van der Waals surface area contributed by atoms with Gasteiger partial charge in [0, 0.05) is 33.7 Å². The number of ether oxygens (including phenoxy) is 3. The first-order chi connectivity index (χ1) is 10.7. The molecule has 0 saturated carbocycles. The maximum atomic E-state index is 12.1. The van der Waals surface area contributed by atoms with E-state index in [1.54, 1.807) is 4.90 Å². The van der Waals surface area contributed by atoms with Crippen LogP contribution in [0.25, 0.3) is 0 Å². The number of amides is 1. The van der Waals surface area contributed by atoms with Gasteiger partial charge in [-0.2, -0.15) is 0 Å². The van der Waals surface area contributed by atoms with Crippen LogP contribution in [0.1, 0.15) is 40.0 Å². The van der Waals surface area contributed by atoms with Crippen molar-refractivity contribution in [3.63, 3.8) is 0 Å². The van der Waals surface area contributed by atoms with Crippen molar-refractivity contribution in [2.24, 2.45) is 5.92 Å². The molecule has 1 heterocycles. The minimum atomic E-state index is -1.19. The third-order valence-electron chi connectivity index (χ3n) is 4.08. The lowest BCUT2D eigenvalue weighted by Crippen LogP contribution is -2.43. The van der Waals surface area contributed by atoms with Crippen molar-refractivity contribution < 1.29 is 23.8 Å². The van der Waals surface area contributed by atoms with Crippen LogP contribution in [0.15, 0.2) is 12.2 Å². The zero-order valence-electron chi connectivity index (χ0n) is 14.9. The van der Waals surface area contributed by atoms with Gasteiger partial charge in [0.05, 0.1) is 0 Å². The fraction of sp³-hybridized carbons (Fsp3) is 0.765. The number of methoxy groups -OCH3 is 2. The zero-order chi connectivity index (χ0) is 17.7. The molecule has 1 atom stereocenters. The SMILES string of the molecule is C=C1CN(C(=O)OC(C)(C)C)CCC1CCC(C=O)(OC)OC. The van der Waals surface area contributed by atoms with Crippen molar-refractivity contribution >= 4 is 12.4 Å². The Morgan fingerprint density at radius 2 is 1.96 bits per heavy atom. The van der Waals surface area contributed by atoms with Gasteiger partial charge in [-0.15, -0.1) is 0 Å². The number of carbonyl (C=O) groups is 2. The van der Waals surface area contributed by atoms with Crippen LogP contribution in [0.2, 0.25) is 0 Å². The van der Waals surface area contributed by atoms with Gasteiger partial charge < -0.3 is 19.1 Å². The van der Waals surface area contributed by atoms with Gasteiger partial charge in [-0.05, 0) is 39.5 Å². The van der Waals surface area contributed by atoms with Gasteiger partial charge in [0.1, 0.15) is 5.60 Å². The number of piperidine rings is 1. The summed E-state index contributed by atoms with van der Waals surface area (Å²) in [6, 6.07) is 0. The molecule has 0 spiro atoms. The van der Waals surface area contributed by atoms with Gasteiger partial charge in [0.15, 0.2) is 6.29 Å². The van der Waals surface area contributed by atoms with Crippen molar-refractivity contribution in [2.75, 3.05) is 27.3 Å². The average molecular weight is 327 g/mol. The van der Waals surface area contributed by atoms with E-state index in [9.17, 15) is 9.59 Å². The van der Waals surface area contributed by atoms with Crippen LogP contribution in [-0.4, -0.2) is 56.0 Å². The Bertz CT molecular complexity index is 437. The predicted octanol–water partition coefficient (Wildman–Crippen LogP) is 2.77. The third kappa shape index (κ3) is 5.62. The molecule has 0 aliphatic carbocycles. The lowest BCUT2D eigenvalue weighted by atomic mass is 9.87. The number of carbonyl (C=O) groups excluding carboxylic acids is 2. The lowest BCUT2D eigenvalue weighted by Gasteiger charge is -2.36. The normalized spacial score (nSPS) is 19.6. The average Bonchev–Trinajstić information content (AvgIpc) is 2.48. The fourth-order valence-corrected chi connectivity index (χ4v) is 2.62. The lowest BCUT2D eigenvalue weighted by molar-refractivity contribution is -0.199. The summed E-state index contributed by atoms with van der Waals surface area (Å²) in [6.07, 6.45) is 2.35. The first-order valence-corrected chi connectivity index (χ1v) is 7.88. The number of hydrogen-bond donors (Lipinski definition) is 0. The molecule has 1 rings (SSSR count). The van der Waals surface area contributed by atoms with E-state index in [2.05, 4.69) is 6.58 Å². The summed E-state index contributed by atoms with van der Waals surface area (Å²) in [7, 11) is 2.91. The van der Waals surface area contributed by atoms with E-state index in [1.165, 1.54) is 14.2 Å². The molecule has 1 saturated heterocycles. The molecule has 0 aromatic carbocycles. The van der Waals surface area contributed by atoms with Crippen LogP contribution in [0.4, 0.5) is 4.79 Å². The Balaban J connectivity index is 2.55. The largest absolute Gasteiger partial charge is 0.444 e. The Hall–Kier alpha value is -1.40. The Morgan fingerprint density at radius 1 is 1.35 bits per heavy atom. The van der Waals surface area contributed by atoms with Crippen LogP contribution in [0, 0.1) is 5.92 Å². The van der Waals surface area contributed by atoms with Crippen LogP contribution in [0.5, 0.6) is 0 Å². The summed E-state index contributed by atoms with van der Waals surface area (Å²) in [5.74, 6) is -0.957. The second-order valence-electron chi connectivity index (χ2n) is 6.92. The standard InChI is InChI=1S/C17H29NO5/c1-13-11-18(15(20)23-16(2,3)4)10-8-14(13)7-9-17(12-19,21-5)22-6/h12,14H,1,7-11H2,2-6H3. The number of aldehydes is 1. The number of likely N-dealkylation sites (tertiary alicyclic amines) is 1. The first-order valence-electron chi connectivity index (χ1n) is 7.88. The van der Waals surface area contributed by atoms with Crippen molar-refractivity contribution in [3.8, 4) is 0 Å². The minimum Gasteiger partial charge on any atom is -0.444 e. The van der Waals surface area contributed by atoms with Gasteiger partial charge in [0.2, 0.25) is 5.79 Å². The Labute approximate surface area is 138 Å². The molecule has 0 aromatic heterocycles. The van der Waals surface area contributed by atoms with Gasteiger partial charge in [0.25, 0.3) is 0 Å². The van der Waals surface area contributed by atoms with E-state index in [1.807, 2.05) is 20.8 Å². The maximum absolute atomic E-state index is 12.1. The zero-order valence-corrected chi connectivity index (χ0v) is 14.9. The van der Waals surface area contributed by atoms with E-state index >= 15 is 0 Å². The molecule has 0 radical (unpaired) electrons. The number of hydrogen-bond acceptors (Lipinski definition) is 5. The minimum absolute atomic E-state index is 0.235. The van der Waals surface area contributed by atoms with Crippen molar-refractivity contribution in [1.82, 2.24) is 4.90 Å². The van der Waals surface area contributed by atoms with E-state index in [-0.39, 0.29) is 12.0 Å². The Morgan fingerprint density at radius 3 is 2.39 bits per heavy atom. The maximum Gasteiger partial charge on any atom is 0.410 e. The molecule has 6 heteroatoms. The second kappa shape index (κ2) is 7.93. The second-order valence-corrected chi connectivity index (χ2v) is 6.92. The highest BCUT2D eigenvalue weighted by Crippen LogP contribution is 2.30. The fourth-order valence-electron chi connectivity index (χ4n) is 2.62. The summed E-state index contributed by atoms with van der Waals surface area (Å²) in [5, 5.41) is 0. The van der Waals surface area contributed by atoms with Crippen LogP contribution in [0.3, 0.4) is 0 Å². The molecular weight excluding hydrogens is 298 g/mol. The molecule has 132 valence electrons. The number of rotatable bonds is 6. The molecule has 1 amide bonds. The molecule has 1 aliphatic rings. The molecule has 6 nitrogen and oxygen atoms in total. The topological polar surface area (TPSA) is 65.1 Å². The molecule has 1 fully saturated rings. The van der Waals surface area contributed by atoms with Gasteiger partial charge in [-0.1, -0.05) is 12.2 Å². The predicted molar refractivity (Wildman–Crippen MR) is 87.1 cm³/mol. The summed E-state index contributed by atoms with van der Waals surface area (Å²) in [4.78, 5) is 24.9. The molecule has 0 aromatic rings. The van der Waals surface area contributed by atoms with Crippen LogP contribution >= 0.6 is 0 Å². The molecule has 1 aliphatic heterocycles. The highest BCUT2D eigenvalue weighted by Gasteiger charge is 2.33. The quantitative estimate of drug-likeness (QED) is 0.426. The first kappa shape index (κ1) is 19.6. The summed E-state index contributed by atoms with van der Waals surface area (Å²) in [5.41, 5.74) is 0.463. The summed E-state index contributed by atoms with van der Waals surface area (Å²) < 4.78 is 15.7. The van der Waals surface area contributed by atoms with Crippen LogP contribution in [-0.2, 0) is 19.0 Å². The molecule has 23 heavy (non-hydrogen) atoms. The Kier molecular flexibility index (Phi) is 6.77. The van der Waals surface area contributed by atoms with Crippen molar-refractivity contribution in [3.05, 3.63) is 12.2 Å². The van der Waals surface area contributed by atoms with E-state index in [0.717, 1.165) is 18.4 Å². The molecule has 1 unspecified atom stereocenters. The van der Waals surface area contributed by atoms with Crippen LogP contribution < -0.4 is 0 Å². The smallest absolute Gasteiger partial charge is 0.410 e. The monoisotopic (exact) mass is 327 g/mol. The van der Waals surface area contributed by atoms with E-state index in [4.69, 9.17) is 14.2 Å². The van der Waals surface area contributed by atoms with Crippen molar-refractivity contribution in [2.45, 2.75) is 51.4 Å². The summed E-state index contributed by atoms with van der Waals surface area (Å²) >= 11 is 0. The van der Waals surface area contributed by atoms with Gasteiger partial charge in [-0.3, -0.25) is 4.79 Å².